The van der Waals surface area contributed by atoms with Crippen LogP contribution in [0.3, 0.4) is 0 Å². The molecule has 1 aromatic carbocycles. The molecule has 0 radical (unpaired) electrons. The lowest BCUT2D eigenvalue weighted by molar-refractivity contribution is 0.00716. The summed E-state index contributed by atoms with van der Waals surface area (Å²) in [5, 5.41) is 0.727. The SMILES string of the molecule is O=C(OC[C@H]1CCCN2CCCC[C@H]12)c1cc2ccccc2oc1=O. The molecule has 3 heterocycles. The Hall–Kier alpha value is -2.14. The van der Waals surface area contributed by atoms with Crippen LogP contribution in [0.15, 0.2) is 39.5 Å². The molecule has 0 unspecified atom stereocenters. The molecule has 0 aliphatic carbocycles. The van der Waals surface area contributed by atoms with E-state index in [2.05, 4.69) is 4.90 Å². The third-order valence-corrected chi connectivity index (χ3v) is 5.52. The van der Waals surface area contributed by atoms with Gasteiger partial charge in [0.1, 0.15) is 11.1 Å². The topological polar surface area (TPSA) is 59.8 Å². The van der Waals surface area contributed by atoms with Crippen LogP contribution in [0.2, 0.25) is 0 Å². The van der Waals surface area contributed by atoms with E-state index in [0.29, 0.717) is 24.1 Å². The Bertz CT molecular complexity index is 826. The van der Waals surface area contributed by atoms with Crippen LogP contribution >= 0.6 is 0 Å². The van der Waals surface area contributed by atoms with E-state index in [9.17, 15) is 9.59 Å². The van der Waals surface area contributed by atoms with Gasteiger partial charge in [-0.1, -0.05) is 24.6 Å². The predicted molar refractivity (Wildman–Crippen MR) is 94.7 cm³/mol. The van der Waals surface area contributed by atoms with E-state index in [-0.39, 0.29) is 5.56 Å². The maximum Gasteiger partial charge on any atom is 0.351 e. The number of nitrogens with zero attached hydrogens (tertiary/aromatic N) is 1. The van der Waals surface area contributed by atoms with Crippen molar-refractivity contribution in [3.05, 3.63) is 46.3 Å². The van der Waals surface area contributed by atoms with Gasteiger partial charge >= 0.3 is 11.6 Å². The lowest BCUT2D eigenvalue weighted by Crippen LogP contribution is -2.49. The van der Waals surface area contributed by atoms with Gasteiger partial charge in [0.2, 0.25) is 0 Å². The van der Waals surface area contributed by atoms with E-state index in [0.717, 1.165) is 31.3 Å². The zero-order valence-corrected chi connectivity index (χ0v) is 14.3. The molecule has 0 saturated carbocycles. The van der Waals surface area contributed by atoms with Gasteiger partial charge in [-0.25, -0.2) is 9.59 Å². The van der Waals surface area contributed by atoms with E-state index in [1.54, 1.807) is 18.2 Å². The van der Waals surface area contributed by atoms with E-state index in [1.165, 1.54) is 19.3 Å². The van der Waals surface area contributed by atoms with E-state index in [4.69, 9.17) is 9.15 Å². The Labute approximate surface area is 146 Å². The highest BCUT2D eigenvalue weighted by atomic mass is 16.5. The molecule has 5 nitrogen and oxygen atoms in total. The van der Waals surface area contributed by atoms with E-state index >= 15 is 0 Å². The molecule has 132 valence electrons. The number of rotatable bonds is 3. The van der Waals surface area contributed by atoms with Gasteiger partial charge < -0.3 is 9.15 Å². The molecule has 2 aliphatic rings. The number of hydrogen-bond donors (Lipinski definition) is 0. The van der Waals surface area contributed by atoms with Gasteiger partial charge in [0, 0.05) is 17.3 Å². The van der Waals surface area contributed by atoms with Gasteiger partial charge in [0.05, 0.1) is 6.61 Å². The van der Waals surface area contributed by atoms with Crippen LogP contribution in [0.1, 0.15) is 42.5 Å². The highest BCUT2D eigenvalue weighted by Crippen LogP contribution is 2.31. The summed E-state index contributed by atoms with van der Waals surface area (Å²) in [4.78, 5) is 27.0. The average Bonchev–Trinajstić information content (AvgIpc) is 2.65. The summed E-state index contributed by atoms with van der Waals surface area (Å²) in [6, 6.07) is 9.25. The zero-order valence-electron chi connectivity index (χ0n) is 14.3. The van der Waals surface area contributed by atoms with Gasteiger partial charge in [-0.2, -0.15) is 0 Å². The monoisotopic (exact) mass is 341 g/mol. The average molecular weight is 341 g/mol. The summed E-state index contributed by atoms with van der Waals surface area (Å²) in [6.45, 7) is 2.69. The summed E-state index contributed by atoms with van der Waals surface area (Å²) in [5.41, 5.74) is -0.171. The second-order valence-electron chi connectivity index (χ2n) is 7.09. The van der Waals surface area contributed by atoms with E-state index < -0.39 is 11.6 Å². The lowest BCUT2D eigenvalue weighted by atomic mass is 9.84. The molecule has 0 N–H and O–H groups in total. The number of ether oxygens (including phenoxy) is 1. The molecule has 0 amide bonds. The minimum absolute atomic E-state index is 0.0185. The lowest BCUT2D eigenvalue weighted by Gasteiger charge is -2.44. The quantitative estimate of drug-likeness (QED) is 0.634. The number of para-hydroxylation sites is 1. The number of carbonyl (C=O) groups excluding carboxylic acids is 1. The molecule has 2 aromatic rings. The fraction of sp³-hybridized carbons (Fsp3) is 0.500. The first-order valence-corrected chi connectivity index (χ1v) is 9.16. The van der Waals surface area contributed by atoms with Crippen molar-refractivity contribution >= 4 is 16.9 Å². The second kappa shape index (κ2) is 7.00. The standard InChI is InChI=1S/C20H23NO4/c22-19(16-12-14-6-1-2-9-18(14)25-20(16)23)24-13-15-7-5-11-21-10-4-3-8-17(15)21/h1-2,6,9,12,15,17H,3-5,7-8,10-11,13H2/t15-,17-/m1/s1. The van der Waals surface area contributed by atoms with Crippen LogP contribution in [0.4, 0.5) is 0 Å². The van der Waals surface area contributed by atoms with Crippen molar-refractivity contribution in [1.29, 1.82) is 0 Å². The summed E-state index contributed by atoms with van der Waals surface area (Å²) < 4.78 is 10.7. The Morgan fingerprint density at radius 1 is 1.16 bits per heavy atom. The van der Waals surface area contributed by atoms with Crippen LogP contribution in [0, 0.1) is 5.92 Å². The molecule has 4 rings (SSSR count). The zero-order chi connectivity index (χ0) is 17.2. The largest absolute Gasteiger partial charge is 0.462 e. The maximum atomic E-state index is 12.4. The molecule has 2 atom stereocenters. The number of hydrogen-bond acceptors (Lipinski definition) is 5. The van der Waals surface area contributed by atoms with Crippen LogP contribution in [-0.4, -0.2) is 36.6 Å². The first-order chi connectivity index (χ1) is 12.2. The van der Waals surface area contributed by atoms with Crippen molar-refractivity contribution in [2.45, 2.75) is 38.1 Å². The number of benzene rings is 1. The summed E-state index contributed by atoms with van der Waals surface area (Å²) >= 11 is 0. The molecule has 5 heteroatoms. The van der Waals surface area contributed by atoms with Crippen LogP contribution < -0.4 is 5.63 Å². The van der Waals surface area contributed by atoms with Gasteiger partial charge in [-0.3, -0.25) is 4.90 Å². The highest BCUT2D eigenvalue weighted by molar-refractivity contribution is 5.92. The van der Waals surface area contributed by atoms with Crippen molar-refractivity contribution in [2.24, 2.45) is 5.92 Å². The number of esters is 1. The van der Waals surface area contributed by atoms with Gasteiger partial charge in [0.15, 0.2) is 0 Å². The van der Waals surface area contributed by atoms with Crippen molar-refractivity contribution < 1.29 is 13.9 Å². The third kappa shape index (κ3) is 3.33. The van der Waals surface area contributed by atoms with E-state index in [1.807, 2.05) is 12.1 Å². The van der Waals surface area contributed by atoms with Crippen molar-refractivity contribution in [3.63, 3.8) is 0 Å². The normalized spacial score (nSPS) is 24.0. The van der Waals surface area contributed by atoms with Gasteiger partial charge in [-0.15, -0.1) is 0 Å². The molecule has 0 spiro atoms. The Balaban J connectivity index is 1.47. The van der Waals surface area contributed by atoms with Crippen LogP contribution in [-0.2, 0) is 4.74 Å². The first-order valence-electron chi connectivity index (χ1n) is 9.16. The summed E-state index contributed by atoms with van der Waals surface area (Å²) in [5.74, 6) is -0.210. The maximum absolute atomic E-state index is 12.4. The Morgan fingerprint density at radius 3 is 2.92 bits per heavy atom. The Morgan fingerprint density at radius 2 is 2.00 bits per heavy atom. The molecule has 2 aliphatic heterocycles. The number of piperidine rings is 2. The number of carbonyl (C=O) groups is 1. The molecular weight excluding hydrogens is 318 g/mol. The summed E-state index contributed by atoms with van der Waals surface area (Å²) in [6.07, 6.45) is 5.93. The molecule has 2 fully saturated rings. The van der Waals surface area contributed by atoms with Gasteiger partial charge in [-0.05, 0) is 50.9 Å². The molecular formula is C20H23NO4. The minimum Gasteiger partial charge on any atom is -0.462 e. The van der Waals surface area contributed by atoms with Crippen molar-refractivity contribution in [1.82, 2.24) is 4.90 Å². The van der Waals surface area contributed by atoms with Crippen LogP contribution in [0.5, 0.6) is 0 Å². The van der Waals surface area contributed by atoms with Crippen LogP contribution in [0.25, 0.3) is 11.0 Å². The van der Waals surface area contributed by atoms with Crippen molar-refractivity contribution in [2.75, 3.05) is 19.7 Å². The molecule has 25 heavy (non-hydrogen) atoms. The minimum atomic E-state index is -0.633. The molecule has 2 saturated heterocycles. The fourth-order valence-electron chi connectivity index (χ4n) is 4.24. The van der Waals surface area contributed by atoms with Gasteiger partial charge in [0.25, 0.3) is 0 Å². The third-order valence-electron chi connectivity index (χ3n) is 5.52. The summed E-state index contributed by atoms with van der Waals surface area (Å²) in [7, 11) is 0. The van der Waals surface area contributed by atoms with Crippen molar-refractivity contribution in [3.8, 4) is 0 Å². The number of fused-ring (bicyclic) bond motifs is 2. The first kappa shape index (κ1) is 16.3. The Kier molecular flexibility index (Phi) is 4.57. The predicted octanol–water partition coefficient (Wildman–Crippen LogP) is 3.21. The highest BCUT2D eigenvalue weighted by Gasteiger charge is 2.33. The fourth-order valence-corrected chi connectivity index (χ4v) is 4.24. The second-order valence-corrected chi connectivity index (χ2v) is 7.09. The molecule has 1 aromatic heterocycles. The molecule has 0 bridgehead atoms. The smallest absolute Gasteiger partial charge is 0.351 e.